The molecule has 1 aromatic heterocycles. The molecular weight excluding hydrogens is 610 g/mol. The number of benzene rings is 3. The van der Waals surface area contributed by atoms with Crippen molar-refractivity contribution in [3.05, 3.63) is 100 Å². The van der Waals surface area contributed by atoms with Gasteiger partial charge in [-0.2, -0.15) is 0 Å². The first-order chi connectivity index (χ1) is 22.9. The van der Waals surface area contributed by atoms with Gasteiger partial charge in [-0.1, -0.05) is 53.6 Å². The molecule has 1 atom stereocenters. The van der Waals surface area contributed by atoms with Crippen molar-refractivity contribution in [3.8, 4) is 11.1 Å². The van der Waals surface area contributed by atoms with E-state index in [9.17, 15) is 19.5 Å². The number of fused-ring (bicyclic) bond motifs is 4. The van der Waals surface area contributed by atoms with E-state index in [1.54, 1.807) is 13.1 Å². The molecule has 2 N–H and O–H groups in total. The Morgan fingerprint density at radius 1 is 1.02 bits per heavy atom. The summed E-state index contributed by atoms with van der Waals surface area (Å²) in [6.07, 6.45) is -0.935. The van der Waals surface area contributed by atoms with Crippen LogP contribution in [-0.4, -0.2) is 62.9 Å². The van der Waals surface area contributed by atoms with Crippen molar-refractivity contribution in [1.29, 1.82) is 0 Å². The van der Waals surface area contributed by atoms with Crippen LogP contribution in [0.3, 0.4) is 0 Å². The lowest BCUT2D eigenvalue weighted by Crippen LogP contribution is -2.49. The molecule has 2 amide bonds. The quantitative estimate of drug-likeness (QED) is 0.0531. The molecule has 0 aliphatic heterocycles. The van der Waals surface area contributed by atoms with Gasteiger partial charge in [0.05, 0.1) is 13.0 Å². The third kappa shape index (κ3) is 7.46. The van der Waals surface area contributed by atoms with Crippen molar-refractivity contribution < 1.29 is 24.2 Å². The fourth-order valence-electron chi connectivity index (χ4n) is 6.50. The molecule has 1 unspecified atom stereocenters. The summed E-state index contributed by atoms with van der Waals surface area (Å²) in [6, 6.07) is 23.7. The van der Waals surface area contributed by atoms with E-state index in [0.717, 1.165) is 38.9 Å². The Labute approximate surface area is 279 Å². The third-order valence-corrected chi connectivity index (χ3v) is 8.55. The van der Waals surface area contributed by atoms with Crippen LogP contribution in [0.1, 0.15) is 63.3 Å². The van der Waals surface area contributed by atoms with Gasteiger partial charge in [0, 0.05) is 65.7 Å². The second kappa shape index (κ2) is 14.2. The Balaban J connectivity index is 1.53. The minimum absolute atomic E-state index is 0.0477. The van der Waals surface area contributed by atoms with Gasteiger partial charge < -0.3 is 19.7 Å². The van der Waals surface area contributed by atoms with Gasteiger partial charge in [0.15, 0.2) is 0 Å². The van der Waals surface area contributed by atoms with Crippen LogP contribution >= 0.6 is 0 Å². The molecule has 0 spiro atoms. The Morgan fingerprint density at radius 2 is 1.67 bits per heavy atom. The van der Waals surface area contributed by atoms with Crippen LogP contribution in [0.5, 0.6) is 0 Å². The highest BCUT2D eigenvalue weighted by Gasteiger charge is 2.37. The minimum atomic E-state index is -1.09. The molecule has 48 heavy (non-hydrogen) atoms. The standard InChI is InChI=1S/C36H41N7O5/c1-23(34-29-12-8-6-10-27(29)28-11-7-9-13-30(28)34)43(41(5)35(46)47)22-26-21-24-20-25(39-32(44)16-18-38-40-37)14-15-31(24)42(26)19-17-33(45)48-36(2,3)4/h6-15,20-21,23,34H,16-19,22H2,1-5H3,(H,39,44)(H,46,47). The first-order valence-corrected chi connectivity index (χ1v) is 15.9. The highest BCUT2D eigenvalue weighted by molar-refractivity contribution is 5.94. The summed E-state index contributed by atoms with van der Waals surface area (Å²) in [7, 11) is 1.54. The maximum Gasteiger partial charge on any atom is 0.421 e. The second-order valence-corrected chi connectivity index (χ2v) is 12.9. The number of amides is 2. The van der Waals surface area contributed by atoms with Crippen LogP contribution in [0, 0.1) is 0 Å². The number of carbonyl (C=O) groups is 3. The molecule has 4 aromatic rings. The van der Waals surface area contributed by atoms with E-state index in [2.05, 4.69) is 39.6 Å². The van der Waals surface area contributed by atoms with Gasteiger partial charge in [-0.05, 0) is 79.7 Å². The largest absolute Gasteiger partial charge is 0.464 e. The monoisotopic (exact) mass is 651 g/mol. The van der Waals surface area contributed by atoms with E-state index in [1.165, 1.54) is 5.01 Å². The van der Waals surface area contributed by atoms with Crippen molar-refractivity contribution in [1.82, 2.24) is 14.6 Å². The maximum atomic E-state index is 12.8. The van der Waals surface area contributed by atoms with E-state index in [1.807, 2.05) is 79.7 Å². The van der Waals surface area contributed by atoms with Crippen LogP contribution in [0.25, 0.3) is 32.5 Å². The fourth-order valence-corrected chi connectivity index (χ4v) is 6.50. The number of anilines is 1. The van der Waals surface area contributed by atoms with Gasteiger partial charge in [0.2, 0.25) is 5.91 Å². The molecule has 0 fully saturated rings. The molecule has 0 radical (unpaired) electrons. The predicted molar refractivity (Wildman–Crippen MR) is 184 cm³/mol. The number of carboxylic acid groups (broad SMARTS) is 1. The number of carbonyl (C=O) groups excluding carboxylic acids is 2. The van der Waals surface area contributed by atoms with Gasteiger partial charge in [-0.15, -0.1) is 0 Å². The van der Waals surface area contributed by atoms with Crippen LogP contribution < -0.4 is 5.32 Å². The van der Waals surface area contributed by atoms with E-state index in [-0.39, 0.29) is 49.8 Å². The van der Waals surface area contributed by atoms with Crippen molar-refractivity contribution >= 4 is 34.6 Å². The summed E-state index contributed by atoms with van der Waals surface area (Å²) in [5.41, 5.74) is 14.6. The van der Waals surface area contributed by atoms with E-state index in [0.29, 0.717) is 12.2 Å². The normalized spacial score (nSPS) is 13.0. The Bertz CT molecular complexity index is 1840. The van der Waals surface area contributed by atoms with Crippen molar-refractivity contribution in [2.24, 2.45) is 5.11 Å². The molecule has 1 aliphatic carbocycles. The molecule has 1 heterocycles. The number of azide groups is 1. The van der Waals surface area contributed by atoms with Crippen molar-refractivity contribution in [2.45, 2.75) is 71.2 Å². The smallest absolute Gasteiger partial charge is 0.421 e. The fraction of sp³-hybridized carbons (Fsp3) is 0.361. The van der Waals surface area contributed by atoms with Gasteiger partial charge >= 0.3 is 12.1 Å². The highest BCUT2D eigenvalue weighted by atomic mass is 16.6. The summed E-state index contributed by atoms with van der Waals surface area (Å²) >= 11 is 0. The number of hydrogen-bond acceptors (Lipinski definition) is 6. The molecule has 12 heteroatoms. The molecule has 0 bridgehead atoms. The summed E-state index contributed by atoms with van der Waals surface area (Å²) < 4.78 is 7.60. The zero-order valence-electron chi connectivity index (χ0n) is 27.9. The van der Waals surface area contributed by atoms with Crippen LogP contribution in [-0.2, 0) is 27.4 Å². The summed E-state index contributed by atoms with van der Waals surface area (Å²) in [5.74, 6) is -0.719. The Kier molecular flexibility index (Phi) is 10.1. The van der Waals surface area contributed by atoms with Crippen molar-refractivity contribution in [3.63, 3.8) is 0 Å². The highest BCUT2D eigenvalue weighted by Crippen LogP contribution is 2.47. The van der Waals surface area contributed by atoms with Gasteiger partial charge in [-0.3, -0.25) is 9.59 Å². The second-order valence-electron chi connectivity index (χ2n) is 12.9. The zero-order chi connectivity index (χ0) is 34.6. The maximum absolute atomic E-state index is 12.8. The van der Waals surface area contributed by atoms with E-state index in [4.69, 9.17) is 10.3 Å². The molecule has 12 nitrogen and oxygen atoms in total. The lowest BCUT2D eigenvalue weighted by molar-refractivity contribution is -0.155. The number of aryl methyl sites for hydroxylation is 1. The number of rotatable bonds is 12. The molecule has 0 saturated carbocycles. The Morgan fingerprint density at radius 3 is 2.27 bits per heavy atom. The molecular formula is C36H41N7O5. The molecule has 1 aliphatic rings. The Hall–Kier alpha value is -5.32. The first kappa shape index (κ1) is 34.0. The SMILES string of the molecule is CC(C1c2ccccc2-c2ccccc21)N(Cc1cc2cc(NC(=O)CCN=[N+]=[N-])ccc2n1CCC(=O)OC(C)(C)C)N(C)C(=O)O. The van der Waals surface area contributed by atoms with Gasteiger partial charge in [0.25, 0.3) is 0 Å². The lowest BCUT2D eigenvalue weighted by Gasteiger charge is -2.38. The summed E-state index contributed by atoms with van der Waals surface area (Å²) in [5, 5.41) is 20.4. The lowest BCUT2D eigenvalue weighted by atomic mass is 9.90. The minimum Gasteiger partial charge on any atom is -0.464 e. The number of aromatic nitrogens is 1. The summed E-state index contributed by atoms with van der Waals surface area (Å²) in [4.78, 5) is 40.5. The van der Waals surface area contributed by atoms with E-state index >= 15 is 0 Å². The van der Waals surface area contributed by atoms with Gasteiger partial charge in [0.1, 0.15) is 5.60 Å². The number of hydrogen-bond donors (Lipinski definition) is 2. The number of nitrogens with one attached hydrogen (secondary N) is 1. The molecule has 250 valence electrons. The predicted octanol–water partition coefficient (Wildman–Crippen LogP) is 7.54. The average Bonchev–Trinajstić information content (AvgIpc) is 3.55. The van der Waals surface area contributed by atoms with Crippen LogP contribution in [0.4, 0.5) is 10.5 Å². The molecule has 5 rings (SSSR count). The third-order valence-electron chi connectivity index (χ3n) is 8.55. The number of esters is 1. The number of hydrazine groups is 1. The number of ether oxygens (including phenoxy) is 1. The molecule has 0 saturated heterocycles. The first-order valence-electron chi connectivity index (χ1n) is 15.9. The number of nitrogens with zero attached hydrogens (tertiary/aromatic N) is 6. The van der Waals surface area contributed by atoms with Gasteiger partial charge in [-0.25, -0.2) is 14.8 Å². The molecule has 3 aromatic carbocycles. The van der Waals surface area contributed by atoms with Crippen LogP contribution in [0.15, 0.2) is 77.9 Å². The topological polar surface area (TPSA) is 153 Å². The van der Waals surface area contributed by atoms with Crippen LogP contribution in [0.2, 0.25) is 0 Å². The van der Waals surface area contributed by atoms with Crippen molar-refractivity contribution in [2.75, 3.05) is 18.9 Å². The van der Waals surface area contributed by atoms with E-state index < -0.39 is 11.7 Å². The average molecular weight is 652 g/mol. The summed E-state index contributed by atoms with van der Waals surface area (Å²) in [6.45, 7) is 8.09. The zero-order valence-corrected chi connectivity index (χ0v) is 27.9.